The minimum atomic E-state index is -0.974. The van der Waals surface area contributed by atoms with Gasteiger partial charge < -0.3 is 28.7 Å². The lowest BCUT2D eigenvalue weighted by Gasteiger charge is -2.28. The molecule has 3 aromatic carbocycles. The molecule has 0 bridgehead atoms. The summed E-state index contributed by atoms with van der Waals surface area (Å²) in [5.74, 6) is -1.26. The predicted molar refractivity (Wildman–Crippen MR) is 140 cm³/mol. The maximum Gasteiger partial charge on any atom is 0.323 e. The third-order valence-electron chi connectivity index (χ3n) is 6.77. The fourth-order valence-electron chi connectivity index (χ4n) is 4.74. The minimum Gasteiger partial charge on any atom is -0.496 e. The third-order valence-corrected chi connectivity index (χ3v) is 6.77. The number of rotatable bonds is 10. The van der Waals surface area contributed by atoms with Gasteiger partial charge in [0.05, 0.1) is 12.5 Å². The van der Waals surface area contributed by atoms with Crippen molar-refractivity contribution in [1.29, 1.82) is 0 Å². The summed E-state index contributed by atoms with van der Waals surface area (Å²) in [6, 6.07) is 14.6. The Morgan fingerprint density at radius 3 is 2.54 bits per heavy atom. The van der Waals surface area contributed by atoms with Crippen LogP contribution in [0.15, 0.2) is 59.1 Å². The summed E-state index contributed by atoms with van der Waals surface area (Å²) in [6.07, 6.45) is 1.74. The summed E-state index contributed by atoms with van der Waals surface area (Å²) < 4.78 is 49.5. The molecule has 1 aromatic heterocycles. The van der Waals surface area contributed by atoms with Gasteiger partial charge in [-0.2, -0.15) is 0 Å². The van der Waals surface area contributed by atoms with Gasteiger partial charge in [0.15, 0.2) is 23.0 Å². The summed E-state index contributed by atoms with van der Waals surface area (Å²) in [5.41, 5.74) is 2.48. The summed E-state index contributed by atoms with van der Waals surface area (Å²) in [7, 11) is 1.40. The second kappa shape index (κ2) is 11.7. The fourth-order valence-corrected chi connectivity index (χ4v) is 4.74. The number of carboxylic acids is 1. The Labute approximate surface area is 223 Å². The van der Waals surface area contributed by atoms with E-state index < -0.39 is 17.6 Å². The standard InChI is InChI=1S/C29H28F2N2O6/c1-36-27-14-25(31)24(30)13-22(27)20-3-5-21(6-4-20)38-17-19-2-7-26-23(12-19)29(32-39-26)33(16-28(34)35)15-18-8-10-37-11-9-18/h2-7,12-14,18H,8-11,15-17H2,1H3,(H,34,35). The number of aliphatic carboxylic acids is 1. The highest BCUT2D eigenvalue weighted by molar-refractivity contribution is 5.90. The molecule has 0 atom stereocenters. The van der Waals surface area contributed by atoms with Crippen molar-refractivity contribution in [2.75, 3.05) is 38.3 Å². The van der Waals surface area contributed by atoms with E-state index in [9.17, 15) is 18.7 Å². The SMILES string of the molecule is COc1cc(F)c(F)cc1-c1ccc(OCc2ccc3onc(N(CC(=O)O)CC4CCOCC4)c3c2)cc1. The highest BCUT2D eigenvalue weighted by Gasteiger charge is 2.24. The first kappa shape index (κ1) is 26.4. The molecule has 0 aliphatic carbocycles. The largest absolute Gasteiger partial charge is 0.496 e. The predicted octanol–water partition coefficient (Wildman–Crippen LogP) is 5.68. The third kappa shape index (κ3) is 6.12. The van der Waals surface area contributed by atoms with Gasteiger partial charge in [-0.15, -0.1) is 0 Å². The first-order chi connectivity index (χ1) is 18.9. The Kier molecular flexibility index (Phi) is 7.92. The topological polar surface area (TPSA) is 94.3 Å². The van der Waals surface area contributed by atoms with Crippen LogP contribution in [0.2, 0.25) is 0 Å². The first-order valence-electron chi connectivity index (χ1n) is 12.6. The Morgan fingerprint density at radius 2 is 1.82 bits per heavy atom. The van der Waals surface area contributed by atoms with Gasteiger partial charge in [-0.05, 0) is 60.2 Å². The summed E-state index contributed by atoms with van der Waals surface area (Å²) in [4.78, 5) is 13.4. The van der Waals surface area contributed by atoms with Crippen LogP contribution in [0, 0.1) is 17.6 Å². The van der Waals surface area contributed by atoms with Crippen LogP contribution in [0.25, 0.3) is 22.1 Å². The quantitative estimate of drug-likeness (QED) is 0.276. The van der Waals surface area contributed by atoms with Gasteiger partial charge in [-0.25, -0.2) is 8.78 Å². The van der Waals surface area contributed by atoms with Crippen LogP contribution in [0.5, 0.6) is 11.5 Å². The molecule has 39 heavy (non-hydrogen) atoms. The Bertz CT molecular complexity index is 1450. The maximum absolute atomic E-state index is 13.8. The van der Waals surface area contributed by atoms with E-state index in [1.54, 1.807) is 35.2 Å². The number of halogens is 2. The molecule has 204 valence electrons. The highest BCUT2D eigenvalue weighted by Crippen LogP contribution is 2.33. The zero-order valence-corrected chi connectivity index (χ0v) is 21.4. The maximum atomic E-state index is 13.8. The number of hydrogen-bond donors (Lipinski definition) is 1. The lowest BCUT2D eigenvalue weighted by molar-refractivity contribution is -0.135. The zero-order chi connectivity index (χ0) is 27.4. The number of aromatic nitrogens is 1. The van der Waals surface area contributed by atoms with Gasteiger partial charge in [0.25, 0.3) is 0 Å². The monoisotopic (exact) mass is 538 g/mol. The molecular formula is C29H28F2N2O6. The number of ether oxygens (including phenoxy) is 3. The van der Waals surface area contributed by atoms with Gasteiger partial charge in [-0.3, -0.25) is 4.79 Å². The number of benzene rings is 3. The second-order valence-electron chi connectivity index (χ2n) is 9.45. The molecule has 1 aliphatic heterocycles. The first-order valence-corrected chi connectivity index (χ1v) is 12.6. The van der Waals surface area contributed by atoms with Crippen LogP contribution < -0.4 is 14.4 Å². The van der Waals surface area contributed by atoms with Crippen molar-refractivity contribution < 1.29 is 37.4 Å². The Hall–Kier alpha value is -4.18. The molecule has 5 rings (SSSR count). The van der Waals surface area contributed by atoms with Gasteiger partial charge >= 0.3 is 5.97 Å². The van der Waals surface area contributed by atoms with E-state index in [-0.39, 0.29) is 18.9 Å². The lowest BCUT2D eigenvalue weighted by atomic mass is 9.99. The van der Waals surface area contributed by atoms with Crippen molar-refractivity contribution in [2.24, 2.45) is 5.92 Å². The van der Waals surface area contributed by atoms with Crippen molar-refractivity contribution in [3.05, 3.63) is 71.8 Å². The molecule has 0 unspecified atom stereocenters. The number of nitrogens with zero attached hydrogens (tertiary/aromatic N) is 2. The minimum absolute atomic E-state index is 0.186. The van der Waals surface area contributed by atoms with Gasteiger partial charge in [0.2, 0.25) is 0 Å². The molecule has 1 saturated heterocycles. The molecule has 0 spiro atoms. The number of carboxylic acid groups (broad SMARTS) is 1. The summed E-state index contributed by atoms with van der Waals surface area (Å²) in [6.45, 7) is 1.94. The van der Waals surface area contributed by atoms with Gasteiger partial charge in [-0.1, -0.05) is 23.4 Å². The van der Waals surface area contributed by atoms with Gasteiger partial charge in [0, 0.05) is 31.4 Å². The highest BCUT2D eigenvalue weighted by atomic mass is 19.2. The number of anilines is 1. The van der Waals surface area contributed by atoms with Gasteiger partial charge in [0.1, 0.15) is 24.7 Å². The molecule has 4 aromatic rings. The molecule has 2 heterocycles. The average molecular weight is 539 g/mol. The van der Waals surface area contributed by atoms with E-state index in [1.165, 1.54) is 7.11 Å². The van der Waals surface area contributed by atoms with Crippen LogP contribution in [0.3, 0.4) is 0 Å². The van der Waals surface area contributed by atoms with Crippen molar-refractivity contribution >= 4 is 22.8 Å². The number of carbonyl (C=O) groups is 1. The van der Waals surface area contributed by atoms with Crippen molar-refractivity contribution in [3.8, 4) is 22.6 Å². The Morgan fingerprint density at radius 1 is 1.08 bits per heavy atom. The summed E-state index contributed by atoms with van der Waals surface area (Å²) >= 11 is 0. The molecular weight excluding hydrogens is 510 g/mol. The lowest BCUT2D eigenvalue weighted by Crippen LogP contribution is -2.36. The van der Waals surface area contributed by atoms with E-state index in [1.807, 2.05) is 12.1 Å². The molecule has 0 radical (unpaired) electrons. The van der Waals surface area contributed by atoms with Crippen molar-refractivity contribution in [1.82, 2.24) is 5.16 Å². The molecule has 1 fully saturated rings. The molecule has 1 N–H and O–H groups in total. The fraction of sp³-hybridized carbons (Fsp3) is 0.310. The number of methoxy groups -OCH3 is 1. The van der Waals surface area contributed by atoms with E-state index in [0.29, 0.717) is 59.3 Å². The normalized spacial score (nSPS) is 13.9. The Balaban J connectivity index is 1.31. The zero-order valence-electron chi connectivity index (χ0n) is 21.4. The average Bonchev–Trinajstić information content (AvgIpc) is 3.37. The van der Waals surface area contributed by atoms with Crippen molar-refractivity contribution in [2.45, 2.75) is 19.4 Å². The van der Waals surface area contributed by atoms with Crippen LogP contribution in [0.4, 0.5) is 14.6 Å². The van der Waals surface area contributed by atoms with Crippen LogP contribution >= 0.6 is 0 Å². The number of fused-ring (bicyclic) bond motifs is 1. The van der Waals surface area contributed by atoms with E-state index >= 15 is 0 Å². The number of hydrogen-bond acceptors (Lipinski definition) is 7. The smallest absolute Gasteiger partial charge is 0.323 e. The molecule has 0 saturated carbocycles. The van der Waals surface area contributed by atoms with Crippen LogP contribution in [-0.2, 0) is 16.1 Å². The van der Waals surface area contributed by atoms with Crippen LogP contribution in [-0.4, -0.2) is 49.6 Å². The molecule has 1 aliphatic rings. The van der Waals surface area contributed by atoms with E-state index in [2.05, 4.69) is 5.16 Å². The molecule has 8 nitrogen and oxygen atoms in total. The van der Waals surface area contributed by atoms with Crippen LogP contribution in [0.1, 0.15) is 18.4 Å². The second-order valence-corrected chi connectivity index (χ2v) is 9.45. The van der Waals surface area contributed by atoms with E-state index in [4.69, 9.17) is 18.7 Å². The summed E-state index contributed by atoms with van der Waals surface area (Å²) in [5, 5.41) is 14.4. The molecule has 10 heteroatoms. The van der Waals surface area contributed by atoms with E-state index in [0.717, 1.165) is 30.5 Å². The molecule has 0 amide bonds. The van der Waals surface area contributed by atoms with Crippen molar-refractivity contribution in [3.63, 3.8) is 0 Å².